The first-order valence-corrected chi connectivity index (χ1v) is 6.86. The number of carbonyl (C=O) groups excluding carboxylic acids is 1. The van der Waals surface area contributed by atoms with E-state index in [0.717, 1.165) is 30.6 Å². The Morgan fingerprint density at radius 2 is 2.42 bits per heavy atom. The van der Waals surface area contributed by atoms with Gasteiger partial charge in [0.25, 0.3) is 0 Å². The third-order valence-corrected chi connectivity index (χ3v) is 3.31. The Bertz CT molecular complexity index is 448. The fourth-order valence-corrected chi connectivity index (χ4v) is 2.28. The molecule has 1 atom stereocenters. The smallest absolute Gasteiger partial charge is 0.225 e. The maximum absolute atomic E-state index is 12.0. The number of hydrogen-bond donors (Lipinski definition) is 1. The molecule has 3 nitrogen and oxygen atoms in total. The summed E-state index contributed by atoms with van der Waals surface area (Å²) in [5.74, 6) is 0.128. The number of amides is 1. The minimum Gasteiger partial charge on any atom is -0.381 e. The van der Waals surface area contributed by atoms with Gasteiger partial charge in [0.05, 0.1) is 12.5 Å². The molecule has 0 radical (unpaired) electrons. The lowest BCUT2D eigenvalue weighted by Crippen LogP contribution is -2.35. The molecule has 0 bridgehead atoms. The van der Waals surface area contributed by atoms with E-state index in [-0.39, 0.29) is 11.8 Å². The van der Waals surface area contributed by atoms with Crippen molar-refractivity contribution < 1.29 is 9.53 Å². The van der Waals surface area contributed by atoms with Crippen LogP contribution in [0.4, 0.5) is 0 Å². The molecule has 0 saturated carbocycles. The third kappa shape index (κ3) is 4.21. The molecular weight excluding hydrogens is 238 g/mol. The van der Waals surface area contributed by atoms with Gasteiger partial charge in [0.2, 0.25) is 5.91 Å². The van der Waals surface area contributed by atoms with Gasteiger partial charge in [-0.2, -0.15) is 0 Å². The van der Waals surface area contributed by atoms with E-state index in [1.54, 1.807) is 0 Å². The lowest BCUT2D eigenvalue weighted by molar-refractivity contribution is -0.129. The largest absolute Gasteiger partial charge is 0.381 e. The summed E-state index contributed by atoms with van der Waals surface area (Å²) in [6.45, 7) is 3.93. The van der Waals surface area contributed by atoms with Crippen molar-refractivity contribution in [2.75, 3.05) is 13.2 Å². The zero-order chi connectivity index (χ0) is 13.5. The number of nitrogens with one attached hydrogen (secondary N) is 1. The third-order valence-electron chi connectivity index (χ3n) is 3.31. The van der Waals surface area contributed by atoms with Gasteiger partial charge in [0.1, 0.15) is 0 Å². The summed E-state index contributed by atoms with van der Waals surface area (Å²) in [6.07, 6.45) is 5.98. The van der Waals surface area contributed by atoms with Gasteiger partial charge in [0, 0.05) is 13.2 Å². The second-order valence-electron chi connectivity index (χ2n) is 4.88. The van der Waals surface area contributed by atoms with Crippen molar-refractivity contribution in [1.82, 2.24) is 5.32 Å². The SMILES string of the molecule is C/C=C/c1cccc(CNC(=O)C2CCCOC2)c1. The van der Waals surface area contributed by atoms with E-state index in [0.29, 0.717) is 13.2 Å². The van der Waals surface area contributed by atoms with E-state index in [9.17, 15) is 4.79 Å². The average Bonchev–Trinajstić information content (AvgIpc) is 2.46. The number of benzene rings is 1. The van der Waals surface area contributed by atoms with Crippen LogP contribution < -0.4 is 5.32 Å². The van der Waals surface area contributed by atoms with Crippen molar-refractivity contribution in [3.63, 3.8) is 0 Å². The summed E-state index contributed by atoms with van der Waals surface area (Å²) in [5.41, 5.74) is 2.29. The van der Waals surface area contributed by atoms with Gasteiger partial charge >= 0.3 is 0 Å². The van der Waals surface area contributed by atoms with E-state index in [4.69, 9.17) is 4.74 Å². The molecule has 1 heterocycles. The minimum absolute atomic E-state index is 0.0208. The fourth-order valence-electron chi connectivity index (χ4n) is 2.28. The van der Waals surface area contributed by atoms with Crippen LogP contribution in [0.2, 0.25) is 0 Å². The first kappa shape index (κ1) is 13.8. The first-order chi connectivity index (χ1) is 9.29. The van der Waals surface area contributed by atoms with Crippen LogP contribution in [-0.4, -0.2) is 19.1 Å². The summed E-state index contributed by atoms with van der Waals surface area (Å²) in [7, 11) is 0. The summed E-state index contributed by atoms with van der Waals surface area (Å²) in [6, 6.07) is 8.20. The summed E-state index contributed by atoms with van der Waals surface area (Å²) in [4.78, 5) is 12.0. The monoisotopic (exact) mass is 259 g/mol. The zero-order valence-electron chi connectivity index (χ0n) is 11.4. The molecule has 1 aromatic rings. The quantitative estimate of drug-likeness (QED) is 0.903. The summed E-state index contributed by atoms with van der Waals surface area (Å²) >= 11 is 0. The lowest BCUT2D eigenvalue weighted by atomic mass is 10.0. The summed E-state index contributed by atoms with van der Waals surface area (Å²) < 4.78 is 5.34. The number of hydrogen-bond acceptors (Lipinski definition) is 2. The maximum atomic E-state index is 12.0. The van der Waals surface area contributed by atoms with Gasteiger partial charge in [-0.3, -0.25) is 4.79 Å². The molecule has 1 aliphatic heterocycles. The molecule has 19 heavy (non-hydrogen) atoms. The van der Waals surface area contributed by atoms with E-state index >= 15 is 0 Å². The highest BCUT2D eigenvalue weighted by molar-refractivity contribution is 5.78. The predicted octanol–water partition coefficient (Wildman–Crippen LogP) is 2.76. The van der Waals surface area contributed by atoms with Crippen molar-refractivity contribution in [2.45, 2.75) is 26.3 Å². The van der Waals surface area contributed by atoms with Crippen LogP contribution in [0.1, 0.15) is 30.9 Å². The molecule has 1 N–H and O–H groups in total. The van der Waals surface area contributed by atoms with Crippen molar-refractivity contribution in [3.05, 3.63) is 41.5 Å². The molecule has 3 heteroatoms. The molecule has 1 aliphatic rings. The zero-order valence-corrected chi connectivity index (χ0v) is 11.4. The number of carbonyl (C=O) groups is 1. The number of allylic oxidation sites excluding steroid dienone is 1. The van der Waals surface area contributed by atoms with Crippen LogP contribution in [-0.2, 0) is 16.1 Å². The maximum Gasteiger partial charge on any atom is 0.225 e. The Labute approximate surface area is 114 Å². The Balaban J connectivity index is 1.87. The van der Waals surface area contributed by atoms with Crippen LogP contribution in [0.25, 0.3) is 6.08 Å². The minimum atomic E-state index is 0.0208. The molecule has 0 aliphatic carbocycles. The van der Waals surface area contributed by atoms with Crippen LogP contribution in [0.3, 0.4) is 0 Å². The average molecular weight is 259 g/mol. The van der Waals surface area contributed by atoms with Gasteiger partial charge in [0.15, 0.2) is 0 Å². The highest BCUT2D eigenvalue weighted by atomic mass is 16.5. The second-order valence-corrected chi connectivity index (χ2v) is 4.88. The van der Waals surface area contributed by atoms with Crippen LogP contribution in [0.5, 0.6) is 0 Å². The molecule has 1 amide bonds. The number of rotatable bonds is 4. The molecule has 1 unspecified atom stereocenters. The normalized spacial score (nSPS) is 19.5. The second kappa shape index (κ2) is 7.10. The Hall–Kier alpha value is -1.61. The van der Waals surface area contributed by atoms with Crippen LogP contribution >= 0.6 is 0 Å². The Morgan fingerprint density at radius 1 is 1.53 bits per heavy atom. The van der Waals surface area contributed by atoms with Gasteiger partial charge in [-0.05, 0) is 37.0 Å². The summed E-state index contributed by atoms with van der Waals surface area (Å²) in [5, 5.41) is 2.99. The van der Waals surface area contributed by atoms with Gasteiger partial charge in [-0.25, -0.2) is 0 Å². The topological polar surface area (TPSA) is 38.3 Å². The fraction of sp³-hybridized carbons (Fsp3) is 0.438. The molecule has 0 spiro atoms. The number of ether oxygens (including phenoxy) is 1. The molecule has 0 aromatic heterocycles. The van der Waals surface area contributed by atoms with Crippen molar-refractivity contribution >= 4 is 12.0 Å². The van der Waals surface area contributed by atoms with Crippen molar-refractivity contribution in [2.24, 2.45) is 5.92 Å². The van der Waals surface area contributed by atoms with Crippen LogP contribution in [0, 0.1) is 5.92 Å². The molecular formula is C16H21NO2. The van der Waals surface area contributed by atoms with Gasteiger partial charge < -0.3 is 10.1 Å². The molecule has 2 rings (SSSR count). The lowest BCUT2D eigenvalue weighted by Gasteiger charge is -2.21. The van der Waals surface area contributed by atoms with Crippen LogP contribution in [0.15, 0.2) is 30.3 Å². The molecule has 1 aromatic carbocycles. The van der Waals surface area contributed by atoms with Gasteiger partial charge in [-0.1, -0.05) is 30.4 Å². The van der Waals surface area contributed by atoms with E-state index in [1.165, 1.54) is 0 Å². The van der Waals surface area contributed by atoms with Gasteiger partial charge in [-0.15, -0.1) is 0 Å². The highest BCUT2D eigenvalue weighted by Crippen LogP contribution is 2.14. The molecule has 1 fully saturated rings. The standard InChI is InChI=1S/C16H21NO2/c1-2-5-13-6-3-7-14(10-13)11-17-16(18)15-8-4-9-19-12-15/h2-3,5-7,10,15H,4,8-9,11-12H2,1H3,(H,17,18)/b5-2+. The molecule has 1 saturated heterocycles. The van der Waals surface area contributed by atoms with E-state index < -0.39 is 0 Å². The molecule has 102 valence electrons. The Morgan fingerprint density at radius 3 is 3.16 bits per heavy atom. The predicted molar refractivity (Wildman–Crippen MR) is 76.5 cm³/mol. The van der Waals surface area contributed by atoms with E-state index in [2.05, 4.69) is 23.5 Å². The van der Waals surface area contributed by atoms with E-state index in [1.807, 2.05) is 25.1 Å². The van der Waals surface area contributed by atoms with Crippen molar-refractivity contribution in [1.29, 1.82) is 0 Å². The first-order valence-electron chi connectivity index (χ1n) is 6.86. The highest BCUT2D eigenvalue weighted by Gasteiger charge is 2.21. The Kier molecular flexibility index (Phi) is 5.16. The van der Waals surface area contributed by atoms with Crippen molar-refractivity contribution in [3.8, 4) is 0 Å².